The molecule has 0 bridgehead atoms. The third-order valence-corrected chi connectivity index (χ3v) is 2.74. The molecule has 0 N–H and O–H groups in total. The van der Waals surface area contributed by atoms with Crippen LogP contribution in [-0.4, -0.2) is 18.2 Å². The third-order valence-electron chi connectivity index (χ3n) is 2.74. The lowest BCUT2D eigenvalue weighted by atomic mass is 10.0. The summed E-state index contributed by atoms with van der Waals surface area (Å²) in [7, 11) is 0. The standard InChI is InChI=1S/C17H26O3/c1-13(2)14-8-6-9-15(12-14)19-11-7-10-16(18)20-17(3,4)5/h6,8-9,12-13H,7,10-11H2,1-5H3. The molecule has 0 spiro atoms. The van der Waals surface area contributed by atoms with Crippen molar-refractivity contribution in [3.05, 3.63) is 29.8 Å². The fourth-order valence-corrected chi connectivity index (χ4v) is 1.76. The molecule has 1 aromatic rings. The third kappa shape index (κ3) is 6.60. The first-order valence-electron chi connectivity index (χ1n) is 7.22. The van der Waals surface area contributed by atoms with Gasteiger partial charge < -0.3 is 9.47 Å². The fourth-order valence-electron chi connectivity index (χ4n) is 1.76. The average Bonchev–Trinajstić information content (AvgIpc) is 2.33. The smallest absolute Gasteiger partial charge is 0.306 e. The van der Waals surface area contributed by atoms with Crippen LogP contribution in [0.25, 0.3) is 0 Å². The highest BCUT2D eigenvalue weighted by atomic mass is 16.6. The topological polar surface area (TPSA) is 35.5 Å². The summed E-state index contributed by atoms with van der Waals surface area (Å²) in [6.07, 6.45) is 1.06. The maximum absolute atomic E-state index is 11.5. The van der Waals surface area contributed by atoms with Crippen LogP contribution in [0.3, 0.4) is 0 Å². The number of carbonyl (C=O) groups excluding carboxylic acids is 1. The number of benzene rings is 1. The van der Waals surface area contributed by atoms with E-state index in [-0.39, 0.29) is 5.97 Å². The molecule has 20 heavy (non-hydrogen) atoms. The Bertz CT molecular complexity index is 430. The Hall–Kier alpha value is -1.51. The van der Waals surface area contributed by atoms with Crippen LogP contribution in [0.1, 0.15) is 58.9 Å². The molecule has 0 aliphatic heterocycles. The van der Waals surface area contributed by atoms with Crippen molar-refractivity contribution < 1.29 is 14.3 Å². The van der Waals surface area contributed by atoms with Gasteiger partial charge in [0.15, 0.2) is 0 Å². The molecule has 0 radical (unpaired) electrons. The molecular formula is C17H26O3. The van der Waals surface area contributed by atoms with Gasteiger partial charge in [-0.05, 0) is 50.8 Å². The summed E-state index contributed by atoms with van der Waals surface area (Å²) in [4.78, 5) is 11.5. The van der Waals surface area contributed by atoms with Gasteiger partial charge in [0.25, 0.3) is 0 Å². The molecular weight excluding hydrogens is 252 g/mol. The minimum absolute atomic E-state index is 0.169. The Labute approximate surface area is 122 Å². The van der Waals surface area contributed by atoms with Crippen LogP contribution in [0.2, 0.25) is 0 Å². The van der Waals surface area contributed by atoms with Crippen LogP contribution in [-0.2, 0) is 9.53 Å². The summed E-state index contributed by atoms with van der Waals surface area (Å²) < 4.78 is 10.9. The monoisotopic (exact) mass is 278 g/mol. The second-order valence-corrected chi connectivity index (χ2v) is 6.27. The molecule has 0 aromatic heterocycles. The van der Waals surface area contributed by atoms with E-state index >= 15 is 0 Å². The number of ether oxygens (including phenoxy) is 2. The van der Waals surface area contributed by atoms with Gasteiger partial charge in [-0.1, -0.05) is 26.0 Å². The molecule has 0 aliphatic carbocycles. The van der Waals surface area contributed by atoms with Crippen LogP contribution < -0.4 is 4.74 Å². The average molecular weight is 278 g/mol. The molecule has 0 heterocycles. The maximum atomic E-state index is 11.5. The van der Waals surface area contributed by atoms with Gasteiger partial charge in [0, 0.05) is 6.42 Å². The Morgan fingerprint density at radius 3 is 2.55 bits per heavy atom. The number of esters is 1. The van der Waals surface area contributed by atoms with Crippen molar-refractivity contribution in [2.45, 2.75) is 59.0 Å². The largest absolute Gasteiger partial charge is 0.494 e. The minimum Gasteiger partial charge on any atom is -0.494 e. The van der Waals surface area contributed by atoms with E-state index in [4.69, 9.17) is 9.47 Å². The zero-order chi connectivity index (χ0) is 15.2. The van der Waals surface area contributed by atoms with Gasteiger partial charge in [0.1, 0.15) is 11.4 Å². The first kappa shape index (κ1) is 16.5. The molecule has 112 valence electrons. The van der Waals surface area contributed by atoms with Crippen molar-refractivity contribution in [2.75, 3.05) is 6.61 Å². The number of hydrogen-bond acceptors (Lipinski definition) is 3. The van der Waals surface area contributed by atoms with E-state index in [1.54, 1.807) is 0 Å². The van der Waals surface area contributed by atoms with Gasteiger partial charge in [0.2, 0.25) is 0 Å². The van der Waals surface area contributed by atoms with Gasteiger partial charge in [-0.3, -0.25) is 4.79 Å². The predicted molar refractivity (Wildman–Crippen MR) is 81.1 cm³/mol. The van der Waals surface area contributed by atoms with Gasteiger partial charge in [0.05, 0.1) is 6.61 Å². The van der Waals surface area contributed by atoms with E-state index in [0.717, 1.165) is 5.75 Å². The summed E-state index contributed by atoms with van der Waals surface area (Å²) in [6, 6.07) is 8.09. The SMILES string of the molecule is CC(C)c1cccc(OCCCC(=O)OC(C)(C)C)c1. The fraction of sp³-hybridized carbons (Fsp3) is 0.588. The normalized spacial score (nSPS) is 11.5. The molecule has 0 amide bonds. The highest BCUT2D eigenvalue weighted by Crippen LogP contribution is 2.20. The van der Waals surface area contributed by atoms with Crippen molar-refractivity contribution in [1.29, 1.82) is 0 Å². The summed E-state index contributed by atoms with van der Waals surface area (Å²) in [5.41, 5.74) is 0.846. The molecule has 0 atom stereocenters. The molecule has 1 aromatic carbocycles. The Kier molecular flexibility index (Phi) is 6.05. The number of hydrogen-bond donors (Lipinski definition) is 0. The van der Waals surface area contributed by atoms with E-state index in [2.05, 4.69) is 26.0 Å². The number of carbonyl (C=O) groups is 1. The lowest BCUT2D eigenvalue weighted by Gasteiger charge is -2.19. The van der Waals surface area contributed by atoms with Gasteiger partial charge in [-0.25, -0.2) is 0 Å². The van der Waals surface area contributed by atoms with Gasteiger partial charge >= 0.3 is 5.97 Å². The minimum atomic E-state index is -0.413. The van der Waals surface area contributed by atoms with E-state index in [0.29, 0.717) is 25.4 Å². The van der Waals surface area contributed by atoms with Gasteiger partial charge in [-0.2, -0.15) is 0 Å². The quantitative estimate of drug-likeness (QED) is 0.574. The number of rotatable bonds is 6. The van der Waals surface area contributed by atoms with Crippen LogP contribution in [0.4, 0.5) is 0 Å². The van der Waals surface area contributed by atoms with Crippen molar-refractivity contribution in [3.63, 3.8) is 0 Å². The summed E-state index contributed by atoms with van der Waals surface area (Å²) in [5, 5.41) is 0. The van der Waals surface area contributed by atoms with E-state index < -0.39 is 5.60 Å². The first-order valence-corrected chi connectivity index (χ1v) is 7.22. The van der Waals surface area contributed by atoms with Crippen LogP contribution in [0.5, 0.6) is 5.75 Å². The van der Waals surface area contributed by atoms with Crippen LogP contribution in [0, 0.1) is 0 Å². The zero-order valence-electron chi connectivity index (χ0n) is 13.2. The Morgan fingerprint density at radius 1 is 1.25 bits per heavy atom. The predicted octanol–water partition coefficient (Wildman–Crippen LogP) is 4.31. The van der Waals surface area contributed by atoms with E-state index in [1.807, 2.05) is 32.9 Å². The molecule has 3 heteroatoms. The lowest BCUT2D eigenvalue weighted by Crippen LogP contribution is -2.23. The molecule has 0 fully saturated rings. The zero-order valence-corrected chi connectivity index (χ0v) is 13.2. The Morgan fingerprint density at radius 2 is 1.95 bits per heavy atom. The van der Waals surface area contributed by atoms with Crippen molar-refractivity contribution in [2.24, 2.45) is 0 Å². The summed E-state index contributed by atoms with van der Waals surface area (Å²) in [6.45, 7) is 10.5. The van der Waals surface area contributed by atoms with Gasteiger partial charge in [-0.15, -0.1) is 0 Å². The van der Waals surface area contributed by atoms with Crippen molar-refractivity contribution in [1.82, 2.24) is 0 Å². The van der Waals surface area contributed by atoms with E-state index in [1.165, 1.54) is 5.56 Å². The molecule has 0 aliphatic rings. The second kappa shape index (κ2) is 7.32. The molecule has 0 unspecified atom stereocenters. The Balaban J connectivity index is 2.31. The maximum Gasteiger partial charge on any atom is 0.306 e. The van der Waals surface area contributed by atoms with Crippen LogP contribution >= 0.6 is 0 Å². The van der Waals surface area contributed by atoms with E-state index in [9.17, 15) is 4.79 Å². The van der Waals surface area contributed by atoms with Crippen LogP contribution in [0.15, 0.2) is 24.3 Å². The molecule has 1 rings (SSSR count). The summed E-state index contributed by atoms with van der Waals surface area (Å²) in [5.74, 6) is 1.18. The highest BCUT2D eigenvalue weighted by Gasteiger charge is 2.15. The molecule has 0 saturated carbocycles. The van der Waals surface area contributed by atoms with Crippen molar-refractivity contribution >= 4 is 5.97 Å². The highest BCUT2D eigenvalue weighted by molar-refractivity contribution is 5.69. The summed E-state index contributed by atoms with van der Waals surface area (Å²) >= 11 is 0. The molecule has 3 nitrogen and oxygen atoms in total. The molecule has 0 saturated heterocycles. The second-order valence-electron chi connectivity index (χ2n) is 6.27. The van der Waals surface area contributed by atoms with Crippen molar-refractivity contribution in [3.8, 4) is 5.75 Å². The first-order chi connectivity index (χ1) is 9.28. The lowest BCUT2D eigenvalue weighted by molar-refractivity contribution is -0.155.